The van der Waals surface area contributed by atoms with Crippen molar-refractivity contribution in [3.63, 3.8) is 0 Å². The maximum absolute atomic E-state index is 4.46. The monoisotopic (exact) mass is 470 g/mol. The number of aliphatic imine (C=N–C) groups is 1. The van der Waals surface area contributed by atoms with Crippen LogP contribution in [0, 0.1) is 5.41 Å². The normalized spacial score (nSPS) is 20.3. The Labute approximate surface area is 176 Å². The van der Waals surface area contributed by atoms with E-state index in [1.165, 1.54) is 63.7 Å². The molecule has 1 aliphatic carbocycles. The molecule has 0 bridgehead atoms. The van der Waals surface area contributed by atoms with E-state index in [0.29, 0.717) is 11.5 Å². The van der Waals surface area contributed by atoms with E-state index in [-0.39, 0.29) is 24.0 Å². The van der Waals surface area contributed by atoms with Crippen LogP contribution in [0.3, 0.4) is 0 Å². The van der Waals surface area contributed by atoms with Crippen molar-refractivity contribution in [2.24, 2.45) is 10.4 Å². The smallest absolute Gasteiger partial charge is 0.191 e. The molecule has 1 saturated carbocycles. The molecule has 1 saturated heterocycles. The summed E-state index contributed by atoms with van der Waals surface area (Å²) in [5.41, 5.74) is 1.89. The van der Waals surface area contributed by atoms with E-state index in [2.05, 4.69) is 57.8 Å². The largest absolute Gasteiger partial charge is 0.356 e. The van der Waals surface area contributed by atoms with E-state index in [0.717, 1.165) is 12.5 Å². The third-order valence-corrected chi connectivity index (χ3v) is 5.70. The zero-order valence-electron chi connectivity index (χ0n) is 16.3. The molecular formula is C21H35IN4. The Hall–Kier alpha value is -0.820. The molecule has 0 spiro atoms. The molecule has 0 atom stereocenters. The van der Waals surface area contributed by atoms with Gasteiger partial charge < -0.3 is 15.5 Å². The predicted molar refractivity (Wildman–Crippen MR) is 121 cm³/mol. The van der Waals surface area contributed by atoms with Gasteiger partial charge in [0.2, 0.25) is 0 Å². The van der Waals surface area contributed by atoms with Gasteiger partial charge in [-0.05, 0) is 56.0 Å². The van der Waals surface area contributed by atoms with Crippen LogP contribution in [0.4, 0.5) is 0 Å². The van der Waals surface area contributed by atoms with Crippen molar-refractivity contribution in [1.82, 2.24) is 15.5 Å². The second-order valence-electron chi connectivity index (χ2n) is 7.85. The van der Waals surface area contributed by atoms with Gasteiger partial charge in [0.15, 0.2) is 5.96 Å². The van der Waals surface area contributed by atoms with E-state index >= 15 is 0 Å². The molecule has 0 radical (unpaired) electrons. The van der Waals surface area contributed by atoms with E-state index in [9.17, 15) is 0 Å². The quantitative estimate of drug-likeness (QED) is 0.363. The molecule has 2 N–H and O–H groups in total. The topological polar surface area (TPSA) is 39.7 Å². The molecule has 4 nitrogen and oxygen atoms in total. The first kappa shape index (κ1) is 21.5. The first-order chi connectivity index (χ1) is 12.2. The number of hydrogen-bond acceptors (Lipinski definition) is 2. The lowest BCUT2D eigenvalue weighted by atomic mass is 9.96. The van der Waals surface area contributed by atoms with Crippen molar-refractivity contribution < 1.29 is 0 Å². The SMILES string of the molecule is CCCN1CCC(NC(=NC)NCC2(Cc3ccccc3)CC2)CC1.I. The second kappa shape index (κ2) is 10.5. The molecule has 0 amide bonds. The first-order valence-corrected chi connectivity index (χ1v) is 9.96. The molecule has 5 heteroatoms. The lowest BCUT2D eigenvalue weighted by molar-refractivity contribution is 0.206. The minimum atomic E-state index is 0. The third-order valence-electron chi connectivity index (χ3n) is 5.70. The van der Waals surface area contributed by atoms with Gasteiger partial charge in [0.25, 0.3) is 0 Å². The number of rotatable bonds is 7. The molecule has 146 valence electrons. The van der Waals surface area contributed by atoms with Gasteiger partial charge >= 0.3 is 0 Å². The number of guanidine groups is 1. The number of hydrogen-bond donors (Lipinski definition) is 2. The van der Waals surface area contributed by atoms with Crippen LogP contribution in [-0.4, -0.2) is 50.1 Å². The van der Waals surface area contributed by atoms with Crippen molar-refractivity contribution >= 4 is 29.9 Å². The summed E-state index contributed by atoms with van der Waals surface area (Å²) in [6.45, 7) is 6.94. The van der Waals surface area contributed by atoms with Crippen molar-refractivity contribution in [3.05, 3.63) is 35.9 Å². The van der Waals surface area contributed by atoms with Crippen LogP contribution in [0.2, 0.25) is 0 Å². The second-order valence-corrected chi connectivity index (χ2v) is 7.85. The van der Waals surface area contributed by atoms with Crippen molar-refractivity contribution in [3.8, 4) is 0 Å². The first-order valence-electron chi connectivity index (χ1n) is 9.96. The van der Waals surface area contributed by atoms with Gasteiger partial charge in [-0.1, -0.05) is 37.3 Å². The Bertz CT molecular complexity index is 548. The highest BCUT2D eigenvalue weighted by Gasteiger charge is 2.42. The summed E-state index contributed by atoms with van der Waals surface area (Å²) in [5.74, 6) is 0.980. The molecule has 1 heterocycles. The number of halogens is 1. The molecule has 26 heavy (non-hydrogen) atoms. The van der Waals surface area contributed by atoms with Crippen LogP contribution in [0.25, 0.3) is 0 Å². The van der Waals surface area contributed by atoms with Gasteiger partial charge in [-0.25, -0.2) is 0 Å². The van der Waals surface area contributed by atoms with E-state index in [4.69, 9.17) is 0 Å². The van der Waals surface area contributed by atoms with Crippen LogP contribution < -0.4 is 10.6 Å². The van der Waals surface area contributed by atoms with Crippen LogP contribution in [0.1, 0.15) is 44.6 Å². The molecule has 1 aromatic rings. The molecule has 2 aliphatic rings. The Morgan fingerprint density at radius 3 is 2.46 bits per heavy atom. The lowest BCUT2D eigenvalue weighted by Crippen LogP contribution is -2.49. The maximum Gasteiger partial charge on any atom is 0.191 e. The summed E-state index contributed by atoms with van der Waals surface area (Å²) in [7, 11) is 1.89. The Morgan fingerprint density at radius 1 is 1.19 bits per heavy atom. The fourth-order valence-electron chi connectivity index (χ4n) is 3.90. The number of nitrogens with one attached hydrogen (secondary N) is 2. The summed E-state index contributed by atoms with van der Waals surface area (Å²) < 4.78 is 0. The molecule has 1 aliphatic heterocycles. The van der Waals surface area contributed by atoms with E-state index in [1.807, 2.05) is 7.05 Å². The summed E-state index contributed by atoms with van der Waals surface area (Å²) in [6.07, 6.45) is 7.51. The molecule has 0 aromatic heterocycles. The van der Waals surface area contributed by atoms with Crippen molar-refractivity contribution in [2.75, 3.05) is 33.2 Å². The van der Waals surface area contributed by atoms with Crippen LogP contribution in [0.15, 0.2) is 35.3 Å². The highest BCUT2D eigenvalue weighted by atomic mass is 127. The highest BCUT2D eigenvalue weighted by Crippen LogP contribution is 2.47. The highest BCUT2D eigenvalue weighted by molar-refractivity contribution is 14.0. The molecule has 2 fully saturated rings. The third kappa shape index (κ3) is 6.41. The number of nitrogens with zero attached hydrogens (tertiary/aromatic N) is 2. The van der Waals surface area contributed by atoms with E-state index in [1.54, 1.807) is 0 Å². The fraction of sp³-hybridized carbons (Fsp3) is 0.667. The molecule has 0 unspecified atom stereocenters. The van der Waals surface area contributed by atoms with Gasteiger partial charge in [-0.3, -0.25) is 4.99 Å². The van der Waals surface area contributed by atoms with Crippen LogP contribution in [-0.2, 0) is 6.42 Å². The summed E-state index contributed by atoms with van der Waals surface area (Å²) in [5, 5.41) is 7.25. The molecular weight excluding hydrogens is 435 g/mol. The number of likely N-dealkylation sites (tertiary alicyclic amines) is 1. The zero-order valence-corrected chi connectivity index (χ0v) is 18.7. The number of benzene rings is 1. The van der Waals surface area contributed by atoms with Gasteiger partial charge in [-0.2, -0.15) is 0 Å². The predicted octanol–water partition coefficient (Wildman–Crippen LogP) is 3.67. The van der Waals surface area contributed by atoms with E-state index < -0.39 is 0 Å². The summed E-state index contributed by atoms with van der Waals surface area (Å²) in [6, 6.07) is 11.4. The average molecular weight is 470 g/mol. The lowest BCUT2D eigenvalue weighted by Gasteiger charge is -2.33. The minimum absolute atomic E-state index is 0. The van der Waals surface area contributed by atoms with Crippen molar-refractivity contribution in [1.29, 1.82) is 0 Å². The van der Waals surface area contributed by atoms with Gasteiger partial charge in [0, 0.05) is 32.7 Å². The summed E-state index contributed by atoms with van der Waals surface area (Å²) in [4.78, 5) is 7.03. The Kier molecular flexibility index (Phi) is 8.67. The minimum Gasteiger partial charge on any atom is -0.356 e. The fourth-order valence-corrected chi connectivity index (χ4v) is 3.90. The average Bonchev–Trinajstić information content (AvgIpc) is 3.41. The van der Waals surface area contributed by atoms with Gasteiger partial charge in [0.05, 0.1) is 0 Å². The summed E-state index contributed by atoms with van der Waals surface area (Å²) >= 11 is 0. The van der Waals surface area contributed by atoms with Gasteiger partial charge in [-0.15, -0.1) is 24.0 Å². The zero-order chi connectivity index (χ0) is 17.5. The van der Waals surface area contributed by atoms with Gasteiger partial charge in [0.1, 0.15) is 0 Å². The Morgan fingerprint density at radius 2 is 1.88 bits per heavy atom. The van der Waals surface area contributed by atoms with Crippen LogP contribution >= 0.6 is 24.0 Å². The van der Waals surface area contributed by atoms with Crippen LogP contribution in [0.5, 0.6) is 0 Å². The Balaban J connectivity index is 0.00000243. The standard InChI is InChI=1S/C21H34N4.HI/c1-3-13-25-14-9-19(10-15-25)24-20(22-2)23-17-21(11-12-21)16-18-7-5-4-6-8-18;/h4-8,19H,3,9-17H2,1-2H3,(H2,22,23,24);1H. The maximum atomic E-state index is 4.46. The molecule has 3 rings (SSSR count). The molecule has 1 aromatic carbocycles. The van der Waals surface area contributed by atoms with Crippen molar-refractivity contribution in [2.45, 2.75) is 51.5 Å². The number of piperidine rings is 1.